The summed E-state index contributed by atoms with van der Waals surface area (Å²) in [5.41, 5.74) is 4.59. The van der Waals surface area contributed by atoms with Gasteiger partial charge in [-0.1, -0.05) is 11.3 Å². The van der Waals surface area contributed by atoms with E-state index in [1.165, 1.54) is 0 Å². The predicted octanol–water partition coefficient (Wildman–Crippen LogP) is 1.64. The minimum Gasteiger partial charge on any atom is -0.479 e. The number of benzene rings is 1. The molecule has 0 aliphatic heterocycles. The van der Waals surface area contributed by atoms with E-state index in [2.05, 4.69) is 31.8 Å². The SMILES string of the molecule is COc1nc(N[C@H]2C[C@@H](OCCO)C2)nn2ccc(-c3ccc4nnn(C)c4c3)c12. The van der Waals surface area contributed by atoms with Gasteiger partial charge in [-0.15, -0.1) is 10.2 Å². The maximum Gasteiger partial charge on any atom is 0.244 e. The lowest BCUT2D eigenvalue weighted by Gasteiger charge is -2.35. The Balaban J connectivity index is 1.43. The van der Waals surface area contributed by atoms with Crippen molar-refractivity contribution in [3.05, 3.63) is 30.5 Å². The number of aryl methyl sites for hydroxylation is 1. The molecule has 5 rings (SSSR count). The normalized spacial score (nSPS) is 18.6. The quantitative estimate of drug-likeness (QED) is 0.474. The van der Waals surface area contributed by atoms with E-state index in [-0.39, 0.29) is 18.8 Å². The number of fused-ring (bicyclic) bond motifs is 2. The van der Waals surface area contributed by atoms with Crippen molar-refractivity contribution in [3.8, 4) is 17.0 Å². The summed E-state index contributed by atoms with van der Waals surface area (Å²) < 4.78 is 14.7. The van der Waals surface area contributed by atoms with Gasteiger partial charge < -0.3 is 19.9 Å². The van der Waals surface area contributed by atoms with Crippen molar-refractivity contribution >= 4 is 22.5 Å². The van der Waals surface area contributed by atoms with Crippen LogP contribution in [0, 0.1) is 0 Å². The maximum atomic E-state index is 8.85. The van der Waals surface area contributed by atoms with Crippen LogP contribution in [0.1, 0.15) is 12.8 Å². The first-order valence-corrected chi connectivity index (χ1v) is 9.88. The van der Waals surface area contributed by atoms with Crippen LogP contribution in [-0.4, -0.2) is 67.2 Å². The van der Waals surface area contributed by atoms with Crippen LogP contribution in [0.4, 0.5) is 5.95 Å². The van der Waals surface area contributed by atoms with Gasteiger partial charge in [0, 0.05) is 24.8 Å². The van der Waals surface area contributed by atoms with Crippen molar-refractivity contribution in [1.82, 2.24) is 29.6 Å². The lowest BCUT2D eigenvalue weighted by molar-refractivity contribution is -0.0196. The van der Waals surface area contributed by atoms with Gasteiger partial charge >= 0.3 is 0 Å². The molecular formula is C20H23N7O3. The molecule has 0 spiro atoms. The molecule has 0 atom stereocenters. The molecule has 1 fully saturated rings. The van der Waals surface area contributed by atoms with E-state index in [0.717, 1.165) is 40.5 Å². The van der Waals surface area contributed by atoms with Gasteiger partial charge in [0.05, 0.1) is 31.9 Å². The van der Waals surface area contributed by atoms with Gasteiger partial charge in [-0.05, 0) is 36.6 Å². The number of methoxy groups -OCH3 is 1. The Labute approximate surface area is 172 Å². The summed E-state index contributed by atoms with van der Waals surface area (Å²) in [4.78, 5) is 4.58. The van der Waals surface area contributed by atoms with Crippen LogP contribution < -0.4 is 10.1 Å². The lowest BCUT2D eigenvalue weighted by atomic mass is 9.89. The molecule has 1 aromatic carbocycles. The number of aromatic nitrogens is 6. The average Bonchev–Trinajstić information content (AvgIpc) is 3.32. The molecule has 3 aromatic heterocycles. The fourth-order valence-electron chi connectivity index (χ4n) is 3.85. The molecule has 0 amide bonds. The molecule has 0 saturated heterocycles. The van der Waals surface area contributed by atoms with Crippen molar-refractivity contribution in [1.29, 1.82) is 0 Å². The summed E-state index contributed by atoms with van der Waals surface area (Å²) in [5, 5.41) is 25.0. The lowest BCUT2D eigenvalue weighted by Crippen LogP contribution is -2.41. The molecule has 10 nitrogen and oxygen atoms in total. The number of hydrogen-bond donors (Lipinski definition) is 2. The van der Waals surface area contributed by atoms with Gasteiger partial charge in [-0.2, -0.15) is 4.98 Å². The van der Waals surface area contributed by atoms with Crippen LogP contribution in [-0.2, 0) is 11.8 Å². The van der Waals surface area contributed by atoms with Crippen LogP contribution in [0.25, 0.3) is 27.7 Å². The summed E-state index contributed by atoms with van der Waals surface area (Å²) in [6.07, 6.45) is 3.80. The molecule has 1 saturated carbocycles. The van der Waals surface area contributed by atoms with E-state index >= 15 is 0 Å². The summed E-state index contributed by atoms with van der Waals surface area (Å²) in [6.45, 7) is 0.423. The zero-order chi connectivity index (χ0) is 20.7. The highest BCUT2D eigenvalue weighted by molar-refractivity contribution is 5.89. The monoisotopic (exact) mass is 409 g/mol. The van der Waals surface area contributed by atoms with Crippen molar-refractivity contribution in [2.75, 3.05) is 25.6 Å². The first kappa shape index (κ1) is 18.8. The Hall–Kier alpha value is -3.24. The second-order valence-corrected chi connectivity index (χ2v) is 7.41. The Morgan fingerprint density at radius 3 is 2.93 bits per heavy atom. The van der Waals surface area contributed by atoms with Crippen LogP contribution >= 0.6 is 0 Å². The highest BCUT2D eigenvalue weighted by Crippen LogP contribution is 2.33. The minimum atomic E-state index is 0.0472. The van der Waals surface area contributed by atoms with Crippen LogP contribution in [0.2, 0.25) is 0 Å². The predicted molar refractivity (Wildman–Crippen MR) is 111 cm³/mol. The number of aliphatic hydroxyl groups excluding tert-OH is 1. The molecule has 3 heterocycles. The fraction of sp³-hybridized carbons (Fsp3) is 0.400. The molecule has 1 aliphatic carbocycles. The van der Waals surface area contributed by atoms with Crippen molar-refractivity contribution < 1.29 is 14.6 Å². The first-order chi connectivity index (χ1) is 14.7. The van der Waals surface area contributed by atoms with E-state index in [4.69, 9.17) is 14.6 Å². The Morgan fingerprint density at radius 2 is 2.13 bits per heavy atom. The third-order valence-electron chi connectivity index (χ3n) is 5.47. The number of rotatable bonds is 7. The summed E-state index contributed by atoms with van der Waals surface area (Å²) in [7, 11) is 3.48. The van der Waals surface area contributed by atoms with Gasteiger partial charge in [0.1, 0.15) is 11.0 Å². The van der Waals surface area contributed by atoms with Gasteiger partial charge in [0.2, 0.25) is 11.8 Å². The molecule has 4 aromatic rings. The zero-order valence-corrected chi connectivity index (χ0v) is 16.8. The number of nitrogens with one attached hydrogen (secondary N) is 1. The van der Waals surface area contributed by atoms with E-state index < -0.39 is 0 Å². The van der Waals surface area contributed by atoms with Crippen molar-refractivity contribution in [2.24, 2.45) is 7.05 Å². The number of hydrogen-bond acceptors (Lipinski definition) is 8. The molecule has 1 aliphatic rings. The highest BCUT2D eigenvalue weighted by atomic mass is 16.5. The second kappa shape index (κ2) is 7.54. The number of aliphatic hydroxyl groups is 1. The number of ether oxygens (including phenoxy) is 2. The highest BCUT2D eigenvalue weighted by Gasteiger charge is 2.30. The topological polar surface area (TPSA) is 112 Å². The van der Waals surface area contributed by atoms with Gasteiger partial charge in [-0.3, -0.25) is 0 Å². The average molecular weight is 409 g/mol. The van der Waals surface area contributed by atoms with Gasteiger partial charge in [0.25, 0.3) is 0 Å². The third kappa shape index (κ3) is 3.23. The van der Waals surface area contributed by atoms with Crippen LogP contribution in [0.3, 0.4) is 0 Å². The number of nitrogens with zero attached hydrogens (tertiary/aromatic N) is 6. The Bertz CT molecular complexity index is 1200. The molecule has 2 N–H and O–H groups in total. The fourth-order valence-corrected chi connectivity index (χ4v) is 3.85. The Morgan fingerprint density at radius 1 is 1.27 bits per heavy atom. The van der Waals surface area contributed by atoms with Crippen molar-refractivity contribution in [3.63, 3.8) is 0 Å². The van der Waals surface area contributed by atoms with Gasteiger partial charge in [0.15, 0.2) is 0 Å². The molecule has 10 heteroatoms. The summed E-state index contributed by atoms with van der Waals surface area (Å²) in [5.74, 6) is 1.02. The summed E-state index contributed by atoms with van der Waals surface area (Å²) in [6, 6.07) is 8.26. The maximum absolute atomic E-state index is 8.85. The Kier molecular flexibility index (Phi) is 4.72. The molecule has 30 heavy (non-hydrogen) atoms. The minimum absolute atomic E-state index is 0.0472. The smallest absolute Gasteiger partial charge is 0.244 e. The standard InChI is InChI=1S/C20H23N7O3/c1-26-17-9-12(3-4-16(17)23-25-26)15-5-6-27-18(15)19(29-2)22-20(24-27)21-13-10-14(11-13)30-8-7-28/h3-6,9,13-14,28H,7-8,10-11H2,1-2H3,(H,21,24)/t13-,14+. The van der Waals surface area contributed by atoms with E-state index in [1.54, 1.807) is 16.3 Å². The summed E-state index contributed by atoms with van der Waals surface area (Å²) >= 11 is 0. The zero-order valence-electron chi connectivity index (χ0n) is 16.8. The largest absolute Gasteiger partial charge is 0.479 e. The molecule has 156 valence electrons. The van der Waals surface area contributed by atoms with E-state index in [0.29, 0.717) is 18.4 Å². The van der Waals surface area contributed by atoms with Crippen LogP contribution in [0.5, 0.6) is 5.88 Å². The molecular weight excluding hydrogens is 386 g/mol. The molecule has 0 unspecified atom stereocenters. The van der Waals surface area contributed by atoms with Crippen LogP contribution in [0.15, 0.2) is 30.5 Å². The van der Waals surface area contributed by atoms with E-state index in [9.17, 15) is 0 Å². The third-order valence-corrected chi connectivity index (χ3v) is 5.47. The molecule has 0 bridgehead atoms. The van der Waals surface area contributed by atoms with Gasteiger partial charge in [-0.25, -0.2) is 9.20 Å². The first-order valence-electron chi connectivity index (χ1n) is 9.88. The number of anilines is 1. The van der Waals surface area contributed by atoms with E-state index in [1.807, 2.05) is 31.4 Å². The van der Waals surface area contributed by atoms with Crippen molar-refractivity contribution in [2.45, 2.75) is 25.0 Å². The second-order valence-electron chi connectivity index (χ2n) is 7.41. The molecule has 0 radical (unpaired) electrons.